The minimum absolute atomic E-state index is 0.201. The van der Waals surface area contributed by atoms with E-state index in [1.807, 2.05) is 72.8 Å². The molecule has 1 amide bonds. The molecule has 2 atom stereocenters. The van der Waals surface area contributed by atoms with Crippen molar-refractivity contribution in [2.24, 2.45) is 5.16 Å². The Morgan fingerprint density at radius 3 is 2.21 bits per heavy atom. The third kappa shape index (κ3) is 5.80. The van der Waals surface area contributed by atoms with Gasteiger partial charge in [-0.3, -0.25) is 4.79 Å². The van der Waals surface area contributed by atoms with Gasteiger partial charge in [0.1, 0.15) is 17.5 Å². The second kappa shape index (κ2) is 11.8. The number of carbonyl (C=O) groups excluding carboxylic acids is 2. The first kappa shape index (κ1) is 26.7. The van der Waals surface area contributed by atoms with Gasteiger partial charge >= 0.3 is 5.97 Å². The third-order valence-corrected chi connectivity index (χ3v) is 6.44. The number of amides is 1. The molecule has 1 heterocycles. The maximum atomic E-state index is 13.3. The monoisotopic (exact) mass is 516 g/mol. The summed E-state index contributed by atoms with van der Waals surface area (Å²) in [6.45, 7) is 3.60. The van der Waals surface area contributed by atoms with Crippen LogP contribution in [0.5, 0.6) is 11.5 Å². The van der Waals surface area contributed by atoms with Gasteiger partial charge in [-0.15, -0.1) is 0 Å². The molecule has 0 fully saturated rings. The first-order valence-electron chi connectivity index (χ1n) is 12.5. The highest BCUT2D eigenvalue weighted by atomic mass is 16.7. The SMILES string of the molecule is CCOC(=O)[C@H](Cc1ccc(-c2c(OC)cccc2OC)cc1)NC(=O)C1(C)CC(c2ccccc2)=NO1. The Morgan fingerprint density at radius 2 is 1.61 bits per heavy atom. The maximum Gasteiger partial charge on any atom is 0.328 e. The molecule has 3 aromatic rings. The van der Waals surface area contributed by atoms with Crippen molar-refractivity contribution < 1.29 is 28.6 Å². The predicted octanol–water partition coefficient (Wildman–Crippen LogP) is 4.54. The minimum atomic E-state index is -1.24. The van der Waals surface area contributed by atoms with Gasteiger partial charge in [-0.1, -0.05) is 65.8 Å². The highest BCUT2D eigenvalue weighted by Gasteiger charge is 2.43. The molecule has 8 heteroatoms. The molecule has 198 valence electrons. The summed E-state index contributed by atoms with van der Waals surface area (Å²) in [5.41, 5.74) is 2.91. The largest absolute Gasteiger partial charge is 0.496 e. The molecule has 1 unspecified atom stereocenters. The fourth-order valence-corrected chi connectivity index (χ4v) is 4.37. The molecular weight excluding hydrogens is 484 g/mol. The topological polar surface area (TPSA) is 95.5 Å². The van der Waals surface area contributed by atoms with Gasteiger partial charge in [0.2, 0.25) is 5.60 Å². The number of oxime groups is 1. The lowest BCUT2D eigenvalue weighted by Gasteiger charge is -2.24. The zero-order valence-corrected chi connectivity index (χ0v) is 22.0. The number of benzene rings is 3. The average Bonchev–Trinajstić information content (AvgIpc) is 3.36. The Morgan fingerprint density at radius 1 is 0.947 bits per heavy atom. The summed E-state index contributed by atoms with van der Waals surface area (Å²) in [7, 11) is 3.23. The lowest BCUT2D eigenvalue weighted by atomic mass is 9.94. The summed E-state index contributed by atoms with van der Waals surface area (Å²) in [6.07, 6.45) is 0.532. The zero-order valence-electron chi connectivity index (χ0n) is 22.0. The van der Waals surface area contributed by atoms with Crippen LogP contribution in [-0.2, 0) is 25.6 Å². The lowest BCUT2D eigenvalue weighted by molar-refractivity contribution is -0.151. The Bertz CT molecular complexity index is 1280. The summed E-state index contributed by atoms with van der Waals surface area (Å²) < 4.78 is 16.3. The van der Waals surface area contributed by atoms with Crippen molar-refractivity contribution in [1.29, 1.82) is 0 Å². The second-order valence-electron chi connectivity index (χ2n) is 9.12. The molecule has 3 aromatic carbocycles. The molecule has 0 bridgehead atoms. The van der Waals surface area contributed by atoms with Gasteiger partial charge in [0.05, 0.1) is 32.1 Å². The fraction of sp³-hybridized carbons (Fsp3) is 0.300. The Labute approximate surface area is 222 Å². The van der Waals surface area contributed by atoms with Crippen LogP contribution in [-0.4, -0.2) is 50.1 Å². The summed E-state index contributed by atoms with van der Waals surface area (Å²) in [4.78, 5) is 31.7. The van der Waals surface area contributed by atoms with E-state index < -0.39 is 23.5 Å². The van der Waals surface area contributed by atoms with Crippen molar-refractivity contribution in [1.82, 2.24) is 5.32 Å². The van der Waals surface area contributed by atoms with E-state index in [0.29, 0.717) is 17.2 Å². The average molecular weight is 517 g/mol. The minimum Gasteiger partial charge on any atom is -0.496 e. The van der Waals surface area contributed by atoms with Crippen LogP contribution in [0.4, 0.5) is 0 Å². The smallest absolute Gasteiger partial charge is 0.328 e. The van der Waals surface area contributed by atoms with E-state index in [9.17, 15) is 9.59 Å². The highest BCUT2D eigenvalue weighted by Crippen LogP contribution is 2.38. The van der Waals surface area contributed by atoms with E-state index in [-0.39, 0.29) is 19.4 Å². The normalized spacial score (nSPS) is 17.1. The summed E-state index contributed by atoms with van der Waals surface area (Å²) in [5.74, 6) is 0.439. The predicted molar refractivity (Wildman–Crippen MR) is 144 cm³/mol. The number of esters is 1. The van der Waals surface area contributed by atoms with Gasteiger partial charge in [-0.2, -0.15) is 0 Å². The standard InChI is InChI=1S/C30H32N2O6/c1-5-37-28(33)23(31-29(34)30(2)19-24(32-38-30)21-10-7-6-8-11-21)18-20-14-16-22(17-15-20)27-25(35-3)12-9-13-26(27)36-4/h6-17,23H,5,18-19H2,1-4H3,(H,31,34)/t23-,30?/m0/s1. The molecule has 1 aliphatic rings. The molecule has 0 aliphatic carbocycles. The van der Waals surface area contributed by atoms with Crippen LogP contribution < -0.4 is 14.8 Å². The number of hydrogen-bond acceptors (Lipinski definition) is 7. The second-order valence-corrected chi connectivity index (χ2v) is 9.12. The van der Waals surface area contributed by atoms with Crippen LogP contribution in [0.3, 0.4) is 0 Å². The van der Waals surface area contributed by atoms with E-state index in [1.54, 1.807) is 28.1 Å². The number of rotatable bonds is 10. The van der Waals surface area contributed by atoms with E-state index in [0.717, 1.165) is 22.3 Å². The maximum absolute atomic E-state index is 13.3. The summed E-state index contributed by atoms with van der Waals surface area (Å²) in [5, 5.41) is 6.97. The van der Waals surface area contributed by atoms with Crippen molar-refractivity contribution in [3.63, 3.8) is 0 Å². The quantitative estimate of drug-likeness (QED) is 0.398. The Kier molecular flexibility index (Phi) is 8.31. The van der Waals surface area contributed by atoms with Gasteiger partial charge in [0.15, 0.2) is 0 Å². The fourth-order valence-electron chi connectivity index (χ4n) is 4.37. The van der Waals surface area contributed by atoms with Gasteiger partial charge < -0.3 is 24.4 Å². The molecular formula is C30H32N2O6. The van der Waals surface area contributed by atoms with Crippen molar-refractivity contribution in [2.45, 2.75) is 38.3 Å². The number of methoxy groups -OCH3 is 2. The number of carbonyl (C=O) groups is 2. The van der Waals surface area contributed by atoms with Crippen molar-refractivity contribution in [2.75, 3.05) is 20.8 Å². The summed E-state index contributed by atoms with van der Waals surface area (Å²) >= 11 is 0. The van der Waals surface area contributed by atoms with Gasteiger partial charge in [-0.25, -0.2) is 4.79 Å². The highest BCUT2D eigenvalue weighted by molar-refractivity contribution is 6.05. The molecule has 0 saturated heterocycles. The number of nitrogens with one attached hydrogen (secondary N) is 1. The molecule has 8 nitrogen and oxygen atoms in total. The molecule has 1 N–H and O–H groups in total. The number of hydrogen-bond donors (Lipinski definition) is 1. The third-order valence-electron chi connectivity index (χ3n) is 6.44. The van der Waals surface area contributed by atoms with E-state index in [1.165, 1.54) is 0 Å². The van der Waals surface area contributed by atoms with E-state index >= 15 is 0 Å². The first-order valence-corrected chi connectivity index (χ1v) is 12.5. The van der Waals surface area contributed by atoms with E-state index in [2.05, 4.69) is 10.5 Å². The van der Waals surface area contributed by atoms with Crippen LogP contribution in [0.25, 0.3) is 11.1 Å². The van der Waals surface area contributed by atoms with Crippen molar-refractivity contribution >= 4 is 17.6 Å². The molecule has 0 aromatic heterocycles. The Hall–Kier alpha value is -4.33. The molecule has 4 rings (SSSR count). The first-order chi connectivity index (χ1) is 18.4. The van der Waals surface area contributed by atoms with Gasteiger partial charge in [-0.05, 0) is 42.7 Å². The van der Waals surface area contributed by atoms with Crippen LogP contribution in [0, 0.1) is 0 Å². The summed E-state index contributed by atoms with van der Waals surface area (Å²) in [6, 6.07) is 21.9. The van der Waals surface area contributed by atoms with Gasteiger partial charge in [0.25, 0.3) is 5.91 Å². The molecule has 1 aliphatic heterocycles. The number of nitrogens with zero attached hydrogens (tertiary/aromatic N) is 1. The van der Waals surface area contributed by atoms with Crippen molar-refractivity contribution in [3.05, 3.63) is 83.9 Å². The van der Waals surface area contributed by atoms with E-state index in [4.69, 9.17) is 19.0 Å². The van der Waals surface area contributed by atoms with Crippen LogP contribution in [0.15, 0.2) is 78.0 Å². The molecule has 0 spiro atoms. The zero-order chi connectivity index (χ0) is 27.1. The lowest BCUT2D eigenvalue weighted by Crippen LogP contribution is -2.52. The Balaban J connectivity index is 1.50. The molecule has 0 saturated carbocycles. The van der Waals surface area contributed by atoms with Crippen molar-refractivity contribution in [3.8, 4) is 22.6 Å². The number of ether oxygens (including phenoxy) is 3. The molecule has 38 heavy (non-hydrogen) atoms. The van der Waals surface area contributed by atoms with Crippen LogP contribution in [0.2, 0.25) is 0 Å². The van der Waals surface area contributed by atoms with Crippen LogP contribution >= 0.6 is 0 Å². The van der Waals surface area contributed by atoms with Crippen LogP contribution in [0.1, 0.15) is 31.4 Å². The van der Waals surface area contributed by atoms with Gasteiger partial charge in [0, 0.05) is 12.8 Å². The molecule has 0 radical (unpaired) electrons.